The summed E-state index contributed by atoms with van der Waals surface area (Å²) in [6.07, 6.45) is 8.30. The molecule has 0 saturated heterocycles. The zero-order valence-corrected chi connectivity index (χ0v) is 13.8. The Morgan fingerprint density at radius 2 is 2.17 bits per heavy atom. The van der Waals surface area contributed by atoms with Crippen LogP contribution >= 0.6 is 0 Å². The number of halogens is 1. The van der Waals surface area contributed by atoms with Crippen LogP contribution in [0.1, 0.15) is 49.6 Å². The predicted molar refractivity (Wildman–Crippen MR) is 90.1 cm³/mol. The highest BCUT2D eigenvalue weighted by Crippen LogP contribution is 2.41. The van der Waals surface area contributed by atoms with E-state index in [1.165, 1.54) is 25.0 Å². The number of hydrogen-bond donors (Lipinski definition) is 0. The molecule has 0 bridgehead atoms. The predicted octanol–water partition coefficient (Wildman–Crippen LogP) is 3.79. The van der Waals surface area contributed by atoms with Gasteiger partial charge in [0.05, 0.1) is 29.6 Å². The van der Waals surface area contributed by atoms with Crippen molar-refractivity contribution in [1.29, 1.82) is 5.26 Å². The lowest BCUT2D eigenvalue weighted by Crippen LogP contribution is -2.47. The maximum absolute atomic E-state index is 13.6. The van der Waals surface area contributed by atoms with Crippen LogP contribution < -0.4 is 5.01 Å². The first-order chi connectivity index (χ1) is 11.6. The first-order valence-electron chi connectivity index (χ1n) is 8.29. The van der Waals surface area contributed by atoms with Gasteiger partial charge < -0.3 is 0 Å². The molecule has 0 amide bonds. The highest BCUT2D eigenvalue weighted by Gasteiger charge is 2.38. The van der Waals surface area contributed by atoms with Crippen LogP contribution in [0.15, 0.2) is 36.8 Å². The molecule has 5 heteroatoms. The molecule has 0 spiro atoms. The van der Waals surface area contributed by atoms with Gasteiger partial charge in [-0.05, 0) is 55.9 Å². The van der Waals surface area contributed by atoms with Gasteiger partial charge in [0.25, 0.3) is 0 Å². The fraction of sp³-hybridized carbons (Fsp3) is 0.368. The molecule has 1 fully saturated rings. The largest absolute Gasteiger partial charge is 0.297 e. The smallest absolute Gasteiger partial charge is 0.124 e. The Kier molecular flexibility index (Phi) is 3.42. The third-order valence-electron chi connectivity index (χ3n) is 5.14. The van der Waals surface area contributed by atoms with Gasteiger partial charge in [-0.25, -0.2) is 14.1 Å². The Morgan fingerprint density at radius 1 is 1.38 bits per heavy atom. The van der Waals surface area contributed by atoms with Crippen molar-refractivity contribution in [3.8, 4) is 6.07 Å². The van der Waals surface area contributed by atoms with E-state index in [-0.39, 0.29) is 11.9 Å². The van der Waals surface area contributed by atoms with Crippen LogP contribution in [0.4, 0.5) is 4.39 Å². The number of nitriles is 1. The zero-order chi connectivity index (χ0) is 16.8. The van der Waals surface area contributed by atoms with Crippen molar-refractivity contribution in [2.45, 2.75) is 38.8 Å². The maximum atomic E-state index is 13.6. The van der Waals surface area contributed by atoms with Crippen LogP contribution in [0.2, 0.25) is 0 Å². The summed E-state index contributed by atoms with van der Waals surface area (Å²) in [4.78, 5) is 4.31. The fourth-order valence-electron chi connectivity index (χ4n) is 3.65. The molecule has 4 nitrogen and oxygen atoms in total. The van der Waals surface area contributed by atoms with E-state index in [4.69, 9.17) is 0 Å². The zero-order valence-electron chi connectivity index (χ0n) is 13.8. The van der Waals surface area contributed by atoms with E-state index < -0.39 is 0 Å². The monoisotopic (exact) mass is 322 g/mol. The summed E-state index contributed by atoms with van der Waals surface area (Å²) >= 11 is 0. The topological polar surface area (TPSA) is 44.9 Å². The van der Waals surface area contributed by atoms with E-state index in [2.05, 4.69) is 40.7 Å². The van der Waals surface area contributed by atoms with E-state index in [9.17, 15) is 9.65 Å². The van der Waals surface area contributed by atoms with Gasteiger partial charge in [-0.2, -0.15) is 5.26 Å². The number of hydrogen-bond acceptors (Lipinski definition) is 3. The number of allylic oxidation sites excluding steroid dienone is 1. The van der Waals surface area contributed by atoms with Gasteiger partial charge >= 0.3 is 0 Å². The van der Waals surface area contributed by atoms with Crippen LogP contribution in [-0.2, 0) is 0 Å². The van der Waals surface area contributed by atoms with Crippen molar-refractivity contribution < 1.29 is 4.39 Å². The highest BCUT2D eigenvalue weighted by atomic mass is 19.1. The lowest BCUT2D eigenvalue weighted by atomic mass is 9.95. The van der Waals surface area contributed by atoms with Crippen LogP contribution in [0.3, 0.4) is 0 Å². The van der Waals surface area contributed by atoms with Crippen LogP contribution in [0.25, 0.3) is 5.57 Å². The standard InChI is InChI=1S/C19H19FN4/c1-12-7-18(17-6-5-16(20)8-15(17)9-21)24(13(2)14-3-4-14)23-11-22-10-19(12)23/h5-8,10-11,13-14,18H,3-4H2,1-2H3/t13?,18-/m0/s1. The number of rotatable bonds is 3. The lowest BCUT2D eigenvalue weighted by Gasteiger charge is -2.42. The molecule has 2 heterocycles. The Morgan fingerprint density at radius 3 is 2.88 bits per heavy atom. The number of aromatic nitrogens is 2. The third kappa shape index (κ3) is 2.30. The molecule has 1 unspecified atom stereocenters. The Balaban J connectivity index is 1.86. The molecule has 2 atom stereocenters. The third-order valence-corrected chi connectivity index (χ3v) is 5.14. The Hall–Kier alpha value is -2.61. The summed E-state index contributed by atoms with van der Waals surface area (Å²) in [7, 11) is 0. The SMILES string of the molecule is CC1=C[C@@H](c2ccc(F)cc2C#N)N(C(C)C2CC2)n2cncc21. The molecule has 1 aromatic heterocycles. The van der Waals surface area contributed by atoms with Crippen LogP contribution in [0.5, 0.6) is 0 Å². The van der Waals surface area contributed by atoms with Gasteiger partial charge in [0.2, 0.25) is 0 Å². The first kappa shape index (κ1) is 14.9. The van der Waals surface area contributed by atoms with Crippen molar-refractivity contribution in [2.24, 2.45) is 5.92 Å². The fourth-order valence-corrected chi connectivity index (χ4v) is 3.65. The van der Waals surface area contributed by atoms with Crippen molar-refractivity contribution in [3.63, 3.8) is 0 Å². The van der Waals surface area contributed by atoms with Crippen molar-refractivity contribution in [3.05, 3.63) is 59.4 Å². The summed E-state index contributed by atoms with van der Waals surface area (Å²) in [5, 5.41) is 11.7. The second-order valence-electron chi connectivity index (χ2n) is 6.72. The molecule has 0 N–H and O–H groups in total. The number of fused-ring (bicyclic) bond motifs is 1. The maximum Gasteiger partial charge on any atom is 0.124 e. The molecule has 2 aromatic rings. The van der Waals surface area contributed by atoms with Gasteiger partial charge in [-0.15, -0.1) is 0 Å². The Labute approximate surface area is 140 Å². The number of imidazole rings is 1. The first-order valence-corrected chi connectivity index (χ1v) is 8.29. The second kappa shape index (κ2) is 5.48. The molecule has 24 heavy (non-hydrogen) atoms. The molecule has 2 aliphatic rings. The minimum atomic E-state index is -0.378. The minimum Gasteiger partial charge on any atom is -0.297 e. The van der Waals surface area contributed by atoms with Crippen molar-refractivity contribution in [1.82, 2.24) is 9.66 Å². The van der Waals surface area contributed by atoms with Gasteiger partial charge in [0.15, 0.2) is 0 Å². The second-order valence-corrected chi connectivity index (χ2v) is 6.72. The van der Waals surface area contributed by atoms with Gasteiger partial charge in [0.1, 0.15) is 12.1 Å². The molecule has 1 aromatic carbocycles. The van der Waals surface area contributed by atoms with E-state index in [1.807, 2.05) is 12.5 Å². The van der Waals surface area contributed by atoms with E-state index in [1.54, 1.807) is 6.07 Å². The molecular weight excluding hydrogens is 303 g/mol. The normalized spacial score (nSPS) is 21.0. The van der Waals surface area contributed by atoms with Crippen molar-refractivity contribution in [2.75, 3.05) is 5.01 Å². The summed E-state index contributed by atoms with van der Waals surface area (Å²) in [5.74, 6) is 0.275. The van der Waals surface area contributed by atoms with E-state index >= 15 is 0 Å². The summed E-state index contributed by atoms with van der Waals surface area (Å²) in [5.41, 5.74) is 3.41. The summed E-state index contributed by atoms with van der Waals surface area (Å²) < 4.78 is 15.7. The number of nitrogens with zero attached hydrogens (tertiary/aromatic N) is 4. The molecule has 1 aliphatic heterocycles. The quantitative estimate of drug-likeness (QED) is 0.863. The lowest BCUT2D eigenvalue weighted by molar-refractivity contribution is 0.416. The van der Waals surface area contributed by atoms with E-state index in [0.717, 1.165) is 16.8 Å². The molecule has 1 saturated carbocycles. The van der Waals surface area contributed by atoms with Gasteiger partial charge in [0, 0.05) is 6.04 Å². The molecule has 122 valence electrons. The van der Waals surface area contributed by atoms with Crippen LogP contribution in [-0.4, -0.2) is 15.7 Å². The summed E-state index contributed by atoms with van der Waals surface area (Å²) in [6.45, 7) is 4.27. The van der Waals surface area contributed by atoms with Gasteiger partial charge in [-0.3, -0.25) is 5.01 Å². The minimum absolute atomic E-state index is 0.0995. The molecule has 0 radical (unpaired) electrons. The van der Waals surface area contributed by atoms with E-state index in [0.29, 0.717) is 17.5 Å². The molecule has 4 rings (SSSR count). The van der Waals surface area contributed by atoms with Crippen molar-refractivity contribution >= 4 is 5.57 Å². The average Bonchev–Trinajstić information content (AvgIpc) is 3.31. The molecular formula is C19H19FN4. The molecule has 1 aliphatic carbocycles. The Bertz CT molecular complexity index is 856. The van der Waals surface area contributed by atoms with Gasteiger partial charge in [-0.1, -0.05) is 12.1 Å². The highest BCUT2D eigenvalue weighted by molar-refractivity contribution is 5.65. The number of benzene rings is 1. The average molecular weight is 322 g/mol. The van der Waals surface area contributed by atoms with Crippen LogP contribution in [0, 0.1) is 23.1 Å². The summed E-state index contributed by atoms with van der Waals surface area (Å²) in [6, 6.07) is 6.86.